The Kier molecular flexibility index (Phi) is 5.36. The van der Waals surface area contributed by atoms with Gasteiger partial charge < -0.3 is 10.6 Å². The molecule has 0 heterocycles. The lowest BCUT2D eigenvalue weighted by molar-refractivity contribution is 0.591. The normalized spacial score (nSPS) is 11.5. The zero-order chi connectivity index (χ0) is 14.6. The van der Waals surface area contributed by atoms with Crippen molar-refractivity contribution in [1.82, 2.24) is 5.32 Å². The summed E-state index contributed by atoms with van der Waals surface area (Å²) < 4.78 is 0. The summed E-state index contributed by atoms with van der Waals surface area (Å²) in [6.45, 7) is 14.0. The second-order valence-electron chi connectivity index (χ2n) is 6.48. The molecule has 19 heavy (non-hydrogen) atoms. The SMILES string of the molecule is Cc1cccc(C(C)(C)C)c1NC(=S)NCC(C)C. The van der Waals surface area contributed by atoms with E-state index in [0.29, 0.717) is 11.0 Å². The van der Waals surface area contributed by atoms with Gasteiger partial charge >= 0.3 is 0 Å². The van der Waals surface area contributed by atoms with E-state index in [4.69, 9.17) is 12.2 Å². The summed E-state index contributed by atoms with van der Waals surface area (Å²) in [5.41, 5.74) is 3.75. The summed E-state index contributed by atoms with van der Waals surface area (Å²) in [6.07, 6.45) is 0. The molecule has 3 heteroatoms. The molecule has 0 fully saturated rings. The Bertz CT molecular complexity index is 445. The second kappa shape index (κ2) is 6.38. The molecule has 0 amide bonds. The van der Waals surface area contributed by atoms with Crippen LogP contribution in [0.2, 0.25) is 0 Å². The minimum absolute atomic E-state index is 0.0992. The summed E-state index contributed by atoms with van der Waals surface area (Å²) in [5, 5.41) is 7.32. The Morgan fingerprint density at radius 2 is 1.89 bits per heavy atom. The maximum Gasteiger partial charge on any atom is 0.170 e. The minimum Gasteiger partial charge on any atom is -0.362 e. The summed E-state index contributed by atoms with van der Waals surface area (Å²) >= 11 is 5.37. The Labute approximate surface area is 123 Å². The molecular weight excluding hydrogens is 252 g/mol. The Balaban J connectivity index is 2.91. The van der Waals surface area contributed by atoms with Crippen LogP contribution in [0, 0.1) is 12.8 Å². The molecule has 2 N–H and O–H groups in total. The van der Waals surface area contributed by atoms with E-state index in [2.05, 4.69) is 70.4 Å². The summed E-state index contributed by atoms with van der Waals surface area (Å²) in [4.78, 5) is 0. The maximum absolute atomic E-state index is 5.37. The quantitative estimate of drug-likeness (QED) is 0.809. The highest BCUT2D eigenvalue weighted by molar-refractivity contribution is 7.80. The number of para-hydroxylation sites is 1. The Morgan fingerprint density at radius 1 is 1.26 bits per heavy atom. The van der Waals surface area contributed by atoms with Crippen LogP contribution in [0.3, 0.4) is 0 Å². The van der Waals surface area contributed by atoms with Crippen LogP contribution in [0.4, 0.5) is 5.69 Å². The average Bonchev–Trinajstić information content (AvgIpc) is 2.27. The van der Waals surface area contributed by atoms with Crippen molar-refractivity contribution in [2.75, 3.05) is 11.9 Å². The first-order valence-corrected chi connectivity index (χ1v) is 7.27. The van der Waals surface area contributed by atoms with Crippen molar-refractivity contribution in [3.63, 3.8) is 0 Å². The molecule has 1 rings (SSSR count). The van der Waals surface area contributed by atoms with Crippen LogP contribution in [0.5, 0.6) is 0 Å². The smallest absolute Gasteiger partial charge is 0.170 e. The number of benzene rings is 1. The van der Waals surface area contributed by atoms with Gasteiger partial charge in [-0.05, 0) is 41.6 Å². The molecule has 0 saturated heterocycles. The van der Waals surface area contributed by atoms with E-state index in [-0.39, 0.29) is 5.41 Å². The second-order valence-corrected chi connectivity index (χ2v) is 6.88. The lowest BCUT2D eigenvalue weighted by Gasteiger charge is -2.25. The van der Waals surface area contributed by atoms with Crippen LogP contribution in [0.1, 0.15) is 45.7 Å². The highest BCUT2D eigenvalue weighted by Gasteiger charge is 2.19. The average molecular weight is 278 g/mol. The number of rotatable bonds is 3. The van der Waals surface area contributed by atoms with E-state index in [1.165, 1.54) is 11.1 Å². The van der Waals surface area contributed by atoms with Crippen LogP contribution in [-0.2, 0) is 5.41 Å². The molecule has 0 spiro atoms. The van der Waals surface area contributed by atoms with E-state index in [1.54, 1.807) is 0 Å². The third kappa shape index (κ3) is 4.83. The van der Waals surface area contributed by atoms with Crippen LogP contribution in [-0.4, -0.2) is 11.7 Å². The Morgan fingerprint density at radius 3 is 2.42 bits per heavy atom. The van der Waals surface area contributed by atoms with Crippen molar-refractivity contribution < 1.29 is 0 Å². The molecule has 0 radical (unpaired) electrons. The highest BCUT2D eigenvalue weighted by atomic mass is 32.1. The predicted octanol–water partition coefficient (Wildman–Crippen LogP) is 4.23. The molecule has 0 aliphatic rings. The van der Waals surface area contributed by atoms with Gasteiger partial charge in [0.2, 0.25) is 0 Å². The third-order valence-corrected chi connectivity index (χ3v) is 3.24. The van der Waals surface area contributed by atoms with Crippen LogP contribution >= 0.6 is 12.2 Å². The van der Waals surface area contributed by atoms with Gasteiger partial charge in [-0.25, -0.2) is 0 Å². The molecule has 0 atom stereocenters. The topological polar surface area (TPSA) is 24.1 Å². The summed E-state index contributed by atoms with van der Waals surface area (Å²) in [6, 6.07) is 6.38. The molecular formula is C16H26N2S. The fraction of sp³-hybridized carbons (Fsp3) is 0.562. The zero-order valence-corrected chi connectivity index (χ0v) is 13.7. The molecule has 0 bridgehead atoms. The van der Waals surface area contributed by atoms with Gasteiger partial charge in [-0.3, -0.25) is 0 Å². The zero-order valence-electron chi connectivity index (χ0n) is 12.9. The number of aryl methyl sites for hydroxylation is 1. The maximum atomic E-state index is 5.37. The van der Waals surface area contributed by atoms with E-state index in [9.17, 15) is 0 Å². The van der Waals surface area contributed by atoms with Crippen molar-refractivity contribution >= 4 is 23.0 Å². The largest absolute Gasteiger partial charge is 0.362 e. The van der Waals surface area contributed by atoms with E-state index in [0.717, 1.165) is 12.2 Å². The minimum atomic E-state index is 0.0992. The Hall–Kier alpha value is -1.09. The van der Waals surface area contributed by atoms with Gasteiger partial charge in [0.15, 0.2) is 5.11 Å². The van der Waals surface area contributed by atoms with Gasteiger partial charge in [-0.1, -0.05) is 52.8 Å². The highest BCUT2D eigenvalue weighted by Crippen LogP contribution is 2.31. The first-order chi connectivity index (χ1) is 8.71. The summed E-state index contributed by atoms with van der Waals surface area (Å²) in [5.74, 6) is 0.582. The van der Waals surface area contributed by atoms with Crippen molar-refractivity contribution in [2.45, 2.75) is 47.0 Å². The van der Waals surface area contributed by atoms with Crippen molar-refractivity contribution in [3.05, 3.63) is 29.3 Å². The third-order valence-electron chi connectivity index (χ3n) is 2.99. The van der Waals surface area contributed by atoms with Gasteiger partial charge in [0, 0.05) is 12.2 Å². The van der Waals surface area contributed by atoms with Crippen LogP contribution < -0.4 is 10.6 Å². The predicted molar refractivity (Wildman–Crippen MR) is 88.9 cm³/mol. The number of nitrogens with one attached hydrogen (secondary N) is 2. The van der Waals surface area contributed by atoms with Gasteiger partial charge in [0.05, 0.1) is 0 Å². The van der Waals surface area contributed by atoms with E-state index < -0.39 is 0 Å². The monoisotopic (exact) mass is 278 g/mol. The van der Waals surface area contributed by atoms with Crippen LogP contribution in [0.15, 0.2) is 18.2 Å². The fourth-order valence-electron chi connectivity index (χ4n) is 1.91. The first-order valence-electron chi connectivity index (χ1n) is 6.86. The number of hydrogen-bond donors (Lipinski definition) is 2. The molecule has 0 unspecified atom stereocenters. The molecule has 106 valence electrons. The molecule has 0 aromatic heterocycles. The molecule has 2 nitrogen and oxygen atoms in total. The first kappa shape index (κ1) is 16.0. The number of hydrogen-bond acceptors (Lipinski definition) is 1. The van der Waals surface area contributed by atoms with Crippen molar-refractivity contribution in [2.24, 2.45) is 5.92 Å². The fourth-order valence-corrected chi connectivity index (χ4v) is 2.10. The van der Waals surface area contributed by atoms with Gasteiger partial charge in [0.1, 0.15) is 0 Å². The van der Waals surface area contributed by atoms with E-state index in [1.807, 2.05) is 0 Å². The van der Waals surface area contributed by atoms with Gasteiger partial charge in [-0.15, -0.1) is 0 Å². The van der Waals surface area contributed by atoms with Gasteiger partial charge in [0.25, 0.3) is 0 Å². The molecule has 0 aliphatic carbocycles. The van der Waals surface area contributed by atoms with Crippen molar-refractivity contribution in [1.29, 1.82) is 0 Å². The summed E-state index contributed by atoms with van der Waals surface area (Å²) in [7, 11) is 0. The van der Waals surface area contributed by atoms with E-state index >= 15 is 0 Å². The standard InChI is InChI=1S/C16H26N2S/c1-11(2)10-17-15(19)18-14-12(3)8-7-9-13(14)16(4,5)6/h7-9,11H,10H2,1-6H3,(H2,17,18,19). The van der Waals surface area contributed by atoms with Crippen molar-refractivity contribution in [3.8, 4) is 0 Å². The van der Waals surface area contributed by atoms with Gasteiger partial charge in [-0.2, -0.15) is 0 Å². The number of thiocarbonyl (C=S) groups is 1. The molecule has 0 saturated carbocycles. The van der Waals surface area contributed by atoms with Crippen LogP contribution in [0.25, 0.3) is 0 Å². The molecule has 1 aromatic carbocycles. The molecule has 0 aliphatic heterocycles. The molecule has 1 aromatic rings. The lowest BCUT2D eigenvalue weighted by atomic mass is 9.84. The lowest BCUT2D eigenvalue weighted by Crippen LogP contribution is -2.32. The number of anilines is 1.